The summed E-state index contributed by atoms with van der Waals surface area (Å²) in [5, 5.41) is -1.69. The van der Waals surface area contributed by atoms with Gasteiger partial charge in [-0.05, 0) is 0 Å². The molecule has 0 aromatic rings. The molecule has 0 rings (SSSR count). The Labute approximate surface area is 188 Å². The Morgan fingerprint density at radius 1 is 0.357 bits per heavy atom. The number of hydrogen-bond donors (Lipinski definition) is 0. The average Bonchev–Trinajstić information content (AvgIpc) is 2.69. The van der Waals surface area contributed by atoms with E-state index in [2.05, 4.69) is 43.2 Å². The van der Waals surface area contributed by atoms with Crippen molar-refractivity contribution in [3.63, 3.8) is 0 Å². The molecule has 0 heterocycles. The first-order chi connectivity index (χ1) is 13.5. The summed E-state index contributed by atoms with van der Waals surface area (Å²) in [5.41, 5.74) is 0. The van der Waals surface area contributed by atoms with Gasteiger partial charge in [0.05, 0.1) is 0 Å². The normalized spacial score (nSPS) is 13.5. The first-order valence-corrected chi connectivity index (χ1v) is 18.3. The van der Waals surface area contributed by atoms with E-state index in [-0.39, 0.29) is 0 Å². The van der Waals surface area contributed by atoms with Crippen LogP contribution >= 0.6 is 20.8 Å². The van der Waals surface area contributed by atoms with E-state index >= 15 is 0 Å². The Bertz CT molecular complexity index is 294. The van der Waals surface area contributed by atoms with Gasteiger partial charge in [-0.25, -0.2) is 0 Å². The molecular weight excluding hydrogens is 423 g/mol. The van der Waals surface area contributed by atoms with E-state index in [1.54, 1.807) is 24.6 Å². The van der Waals surface area contributed by atoms with Crippen molar-refractivity contribution in [1.29, 1.82) is 0 Å². The molecule has 2 heteroatoms. The van der Waals surface area contributed by atoms with E-state index in [9.17, 15) is 0 Å². The molecule has 0 radical (unpaired) electrons. The third kappa shape index (κ3) is 14.8. The van der Waals surface area contributed by atoms with Gasteiger partial charge in [0.25, 0.3) is 0 Å². The summed E-state index contributed by atoms with van der Waals surface area (Å²) >= 11 is 4.66. The Kier molecular flexibility index (Phi) is 19.3. The monoisotopic (exact) mass is 478 g/mol. The number of halogens is 1. The fourth-order valence-corrected chi connectivity index (χ4v) is 13.2. The summed E-state index contributed by atoms with van der Waals surface area (Å²) in [6.45, 7) is 9.37. The second-order valence-electron chi connectivity index (χ2n) is 9.66. The van der Waals surface area contributed by atoms with Crippen molar-refractivity contribution in [2.24, 2.45) is 0 Å². The van der Waals surface area contributed by atoms with Gasteiger partial charge in [0, 0.05) is 0 Å². The van der Waals surface area contributed by atoms with Gasteiger partial charge in [0.1, 0.15) is 0 Å². The Hall–Kier alpha value is 0.910. The predicted octanol–water partition coefficient (Wildman–Crippen LogP) is 11.0. The molecule has 0 nitrogen and oxygen atoms in total. The van der Waals surface area contributed by atoms with Crippen LogP contribution in [-0.4, -0.2) is 24.6 Å². The van der Waals surface area contributed by atoms with E-state index in [1.807, 2.05) is 0 Å². The van der Waals surface area contributed by atoms with Crippen LogP contribution in [-0.2, 0) is 0 Å². The molecule has 0 atom stereocenters. The van der Waals surface area contributed by atoms with Crippen LogP contribution in [0.15, 0.2) is 0 Å². The van der Waals surface area contributed by atoms with Crippen LogP contribution in [0, 0.1) is 0 Å². The SMILES string of the molecule is CCCCCCCCP(Br)(CCCCCC)(CCCCCC)CCCCCC. The second kappa shape index (κ2) is 18.7. The van der Waals surface area contributed by atoms with Gasteiger partial charge in [0.2, 0.25) is 0 Å². The van der Waals surface area contributed by atoms with Crippen molar-refractivity contribution in [2.45, 2.75) is 143 Å². The van der Waals surface area contributed by atoms with Crippen LogP contribution in [0.5, 0.6) is 0 Å². The summed E-state index contributed by atoms with van der Waals surface area (Å²) in [4.78, 5) is 0. The van der Waals surface area contributed by atoms with Gasteiger partial charge >= 0.3 is 189 Å². The van der Waals surface area contributed by atoms with Crippen LogP contribution in [0.3, 0.4) is 0 Å². The summed E-state index contributed by atoms with van der Waals surface area (Å²) in [6.07, 6.45) is 32.1. The van der Waals surface area contributed by atoms with Crippen molar-refractivity contribution in [3.05, 3.63) is 0 Å². The van der Waals surface area contributed by atoms with Crippen molar-refractivity contribution >= 4 is 20.8 Å². The number of unbranched alkanes of at least 4 members (excludes halogenated alkanes) is 14. The molecule has 0 aliphatic rings. The van der Waals surface area contributed by atoms with Gasteiger partial charge in [-0.3, -0.25) is 0 Å². The zero-order valence-corrected chi connectivity index (χ0v) is 22.9. The Morgan fingerprint density at radius 2 is 0.571 bits per heavy atom. The fraction of sp³-hybridized carbons (Fsp3) is 1.00. The van der Waals surface area contributed by atoms with Crippen molar-refractivity contribution in [2.75, 3.05) is 24.6 Å². The van der Waals surface area contributed by atoms with Gasteiger partial charge in [-0.15, -0.1) is 0 Å². The average molecular weight is 480 g/mol. The minimum atomic E-state index is -1.69. The molecule has 0 aromatic heterocycles. The topological polar surface area (TPSA) is 0 Å². The van der Waals surface area contributed by atoms with E-state index in [1.165, 1.54) is 116 Å². The summed E-state index contributed by atoms with van der Waals surface area (Å²) in [5.74, 6) is 0. The molecule has 0 unspecified atom stereocenters. The zero-order chi connectivity index (χ0) is 21.0. The van der Waals surface area contributed by atoms with Gasteiger partial charge < -0.3 is 0 Å². The molecule has 0 amide bonds. The van der Waals surface area contributed by atoms with Crippen molar-refractivity contribution in [1.82, 2.24) is 0 Å². The molecule has 0 fully saturated rings. The van der Waals surface area contributed by atoms with Gasteiger partial charge in [0.15, 0.2) is 0 Å². The van der Waals surface area contributed by atoms with Crippen molar-refractivity contribution in [3.8, 4) is 0 Å². The van der Waals surface area contributed by atoms with E-state index < -0.39 is 5.31 Å². The Balaban J connectivity index is 4.91. The molecule has 0 aliphatic carbocycles. The minimum absolute atomic E-state index is 1.36. The van der Waals surface area contributed by atoms with E-state index in [4.69, 9.17) is 0 Å². The first kappa shape index (κ1) is 28.9. The third-order valence-electron chi connectivity index (χ3n) is 6.78. The summed E-state index contributed by atoms with van der Waals surface area (Å²) in [6, 6.07) is 0. The molecule has 172 valence electrons. The maximum atomic E-state index is 4.66. The molecule has 0 N–H and O–H groups in total. The van der Waals surface area contributed by atoms with Crippen LogP contribution in [0.2, 0.25) is 0 Å². The molecule has 28 heavy (non-hydrogen) atoms. The third-order valence-corrected chi connectivity index (χ3v) is 16.8. The summed E-state index contributed by atoms with van der Waals surface area (Å²) < 4.78 is 0. The van der Waals surface area contributed by atoms with Gasteiger partial charge in [-0.2, -0.15) is 0 Å². The maximum absolute atomic E-state index is 4.66. The van der Waals surface area contributed by atoms with Gasteiger partial charge in [-0.1, -0.05) is 0 Å². The molecule has 0 saturated carbocycles. The van der Waals surface area contributed by atoms with Crippen LogP contribution < -0.4 is 0 Å². The molecular formula is C26H56BrP. The summed E-state index contributed by atoms with van der Waals surface area (Å²) in [7, 11) is 0. The van der Waals surface area contributed by atoms with E-state index in [0.29, 0.717) is 0 Å². The zero-order valence-electron chi connectivity index (χ0n) is 20.4. The Morgan fingerprint density at radius 3 is 0.857 bits per heavy atom. The molecule has 0 bridgehead atoms. The fourth-order valence-electron chi connectivity index (χ4n) is 4.76. The number of rotatable bonds is 22. The molecule has 0 aliphatic heterocycles. The quantitative estimate of drug-likeness (QED) is 0.107. The number of hydrogen-bond acceptors (Lipinski definition) is 0. The van der Waals surface area contributed by atoms with Crippen LogP contribution in [0.25, 0.3) is 0 Å². The second-order valence-corrected chi connectivity index (χ2v) is 21.1. The first-order valence-electron chi connectivity index (χ1n) is 13.3. The molecule has 0 saturated heterocycles. The van der Waals surface area contributed by atoms with Crippen LogP contribution in [0.4, 0.5) is 0 Å². The molecule has 0 aromatic carbocycles. The van der Waals surface area contributed by atoms with Crippen LogP contribution in [0.1, 0.15) is 143 Å². The predicted molar refractivity (Wildman–Crippen MR) is 141 cm³/mol. The van der Waals surface area contributed by atoms with Crippen molar-refractivity contribution < 1.29 is 0 Å². The molecule has 0 spiro atoms. The standard InChI is InChI=1S/C26H56BrP/c1-5-9-13-17-18-22-26-28(27,23-19-14-10-6-2,24-20-15-11-7-3)25-21-16-12-8-4/h5-26H2,1-4H3. The van der Waals surface area contributed by atoms with E-state index in [0.717, 1.165) is 0 Å².